The minimum absolute atomic E-state index is 0.0283. The molecule has 2 heterocycles. The predicted molar refractivity (Wildman–Crippen MR) is 141 cm³/mol. The van der Waals surface area contributed by atoms with E-state index in [0.717, 1.165) is 37.6 Å². The molecule has 3 aliphatic rings. The standard InChI is InChI=1S/C26H37N5O3S/c1-29(21-8-4-3-5-9-21)16-17-30(2)25(34)19-10-12-20(13-11-19)27-23(32)18-22-24(33)28-26(35-22)31-14-6-7-15-31/h10-13,21-22H,3-9,14-18H2,1-2H3,(H,27,32). The number of nitrogens with one attached hydrogen (secondary N) is 1. The average molecular weight is 500 g/mol. The fraction of sp³-hybridized carbons (Fsp3) is 0.615. The van der Waals surface area contributed by atoms with Crippen molar-refractivity contribution in [3.05, 3.63) is 29.8 Å². The second-order valence-corrected chi connectivity index (χ2v) is 11.0. The Morgan fingerprint density at radius 1 is 1.03 bits per heavy atom. The van der Waals surface area contributed by atoms with Gasteiger partial charge in [0.15, 0.2) is 5.17 Å². The van der Waals surface area contributed by atoms with Crippen molar-refractivity contribution in [3.8, 4) is 0 Å². The van der Waals surface area contributed by atoms with Crippen molar-refractivity contribution < 1.29 is 14.4 Å². The van der Waals surface area contributed by atoms with E-state index in [0.29, 0.717) is 23.8 Å². The van der Waals surface area contributed by atoms with Crippen LogP contribution in [0.5, 0.6) is 0 Å². The number of anilines is 1. The van der Waals surface area contributed by atoms with Crippen LogP contribution >= 0.6 is 11.8 Å². The molecule has 0 spiro atoms. The quantitative estimate of drug-likeness (QED) is 0.590. The maximum atomic E-state index is 12.8. The molecule has 3 amide bonds. The zero-order valence-corrected chi connectivity index (χ0v) is 21.7. The van der Waals surface area contributed by atoms with Crippen LogP contribution in [-0.4, -0.2) is 89.2 Å². The summed E-state index contributed by atoms with van der Waals surface area (Å²) in [5.74, 6) is -0.486. The summed E-state index contributed by atoms with van der Waals surface area (Å²) in [6, 6.07) is 7.59. The number of hydrogen-bond donors (Lipinski definition) is 1. The van der Waals surface area contributed by atoms with Gasteiger partial charge in [-0.05, 0) is 57.0 Å². The summed E-state index contributed by atoms with van der Waals surface area (Å²) < 4.78 is 0. The van der Waals surface area contributed by atoms with Crippen molar-refractivity contribution in [3.63, 3.8) is 0 Å². The van der Waals surface area contributed by atoms with Gasteiger partial charge in [-0.25, -0.2) is 0 Å². The van der Waals surface area contributed by atoms with E-state index in [4.69, 9.17) is 0 Å². The lowest BCUT2D eigenvalue weighted by Gasteiger charge is -2.32. The molecule has 0 radical (unpaired) electrons. The third-order valence-electron chi connectivity index (χ3n) is 7.22. The number of aliphatic imine (C=N–C) groups is 1. The Hall–Kier alpha value is -2.39. The Balaban J connectivity index is 1.22. The normalized spacial score (nSPS) is 20.9. The fourth-order valence-corrected chi connectivity index (χ4v) is 6.08. The van der Waals surface area contributed by atoms with Crippen LogP contribution in [0, 0.1) is 0 Å². The lowest BCUT2D eigenvalue weighted by molar-refractivity contribution is -0.121. The number of carbonyl (C=O) groups is 3. The number of likely N-dealkylation sites (tertiary alicyclic amines) is 1. The number of likely N-dealkylation sites (N-methyl/N-ethyl adjacent to an activating group) is 2. The zero-order chi connectivity index (χ0) is 24.8. The summed E-state index contributed by atoms with van der Waals surface area (Å²) in [6.07, 6.45) is 8.76. The largest absolute Gasteiger partial charge is 0.351 e. The first-order valence-corrected chi connectivity index (χ1v) is 13.7. The molecule has 1 aliphatic carbocycles. The van der Waals surface area contributed by atoms with Gasteiger partial charge in [-0.15, -0.1) is 0 Å². The first-order valence-electron chi connectivity index (χ1n) is 12.8. The number of hydrogen-bond acceptors (Lipinski definition) is 6. The van der Waals surface area contributed by atoms with Crippen LogP contribution in [0.3, 0.4) is 0 Å². The van der Waals surface area contributed by atoms with Gasteiger partial charge in [-0.1, -0.05) is 31.0 Å². The Kier molecular flexibility index (Phi) is 8.83. The maximum Gasteiger partial charge on any atom is 0.262 e. The van der Waals surface area contributed by atoms with Crippen molar-refractivity contribution >= 4 is 40.3 Å². The van der Waals surface area contributed by atoms with Gasteiger partial charge >= 0.3 is 0 Å². The average Bonchev–Trinajstić information content (AvgIpc) is 3.53. The Labute approximate surface area is 212 Å². The van der Waals surface area contributed by atoms with Crippen LogP contribution in [0.2, 0.25) is 0 Å². The van der Waals surface area contributed by atoms with Crippen molar-refractivity contribution in [2.45, 2.75) is 62.7 Å². The van der Waals surface area contributed by atoms with E-state index in [2.05, 4.69) is 27.2 Å². The van der Waals surface area contributed by atoms with Gasteiger partial charge in [0.05, 0.1) is 0 Å². The second-order valence-electron chi connectivity index (χ2n) is 9.86. The second kappa shape index (κ2) is 12.0. The van der Waals surface area contributed by atoms with Crippen LogP contribution in [0.4, 0.5) is 5.69 Å². The van der Waals surface area contributed by atoms with Gasteiger partial charge in [0, 0.05) is 56.9 Å². The number of rotatable bonds is 8. The van der Waals surface area contributed by atoms with E-state index in [1.807, 2.05) is 7.05 Å². The van der Waals surface area contributed by atoms with Crippen molar-refractivity contribution in [1.29, 1.82) is 0 Å². The van der Waals surface area contributed by atoms with Crippen LogP contribution in [0.15, 0.2) is 29.3 Å². The van der Waals surface area contributed by atoms with Crippen molar-refractivity contribution in [2.75, 3.05) is 45.6 Å². The summed E-state index contributed by atoms with van der Waals surface area (Å²) >= 11 is 1.39. The van der Waals surface area contributed by atoms with Crippen LogP contribution in [0.1, 0.15) is 61.7 Å². The summed E-state index contributed by atoms with van der Waals surface area (Å²) in [7, 11) is 3.99. The molecule has 8 nitrogen and oxygen atoms in total. The number of amidine groups is 1. The van der Waals surface area contributed by atoms with Gasteiger partial charge in [-0.3, -0.25) is 14.4 Å². The highest BCUT2D eigenvalue weighted by Crippen LogP contribution is 2.29. The first kappa shape index (κ1) is 25.7. The van der Waals surface area contributed by atoms with Crippen molar-refractivity contribution in [1.82, 2.24) is 14.7 Å². The molecule has 190 valence electrons. The summed E-state index contributed by atoms with van der Waals surface area (Å²) in [5.41, 5.74) is 1.21. The topological polar surface area (TPSA) is 85.3 Å². The Morgan fingerprint density at radius 2 is 1.71 bits per heavy atom. The molecule has 1 atom stereocenters. The lowest BCUT2D eigenvalue weighted by Crippen LogP contribution is -2.40. The molecule has 1 saturated heterocycles. The third kappa shape index (κ3) is 6.85. The van der Waals surface area contributed by atoms with Gasteiger partial charge in [0.1, 0.15) is 5.25 Å². The molecule has 35 heavy (non-hydrogen) atoms. The minimum atomic E-state index is -0.466. The molecule has 4 rings (SSSR count). The smallest absolute Gasteiger partial charge is 0.262 e. The van der Waals surface area contributed by atoms with Crippen molar-refractivity contribution in [2.24, 2.45) is 4.99 Å². The molecule has 2 fully saturated rings. The Bertz CT molecular complexity index is 939. The highest BCUT2D eigenvalue weighted by molar-refractivity contribution is 8.15. The van der Waals surface area contributed by atoms with E-state index < -0.39 is 5.25 Å². The molecular formula is C26H37N5O3S. The number of nitrogens with zero attached hydrogens (tertiary/aromatic N) is 4. The van der Waals surface area contributed by atoms with Gasteiger partial charge in [0.25, 0.3) is 11.8 Å². The molecule has 1 saturated carbocycles. The number of benzene rings is 1. The van der Waals surface area contributed by atoms with Crippen LogP contribution < -0.4 is 5.32 Å². The molecule has 1 aromatic rings. The van der Waals surface area contributed by atoms with E-state index in [1.54, 1.807) is 29.2 Å². The molecular weight excluding hydrogens is 462 g/mol. The predicted octanol–water partition coefficient (Wildman–Crippen LogP) is 3.45. The van der Waals surface area contributed by atoms with Crippen LogP contribution in [-0.2, 0) is 9.59 Å². The third-order valence-corrected chi connectivity index (χ3v) is 8.44. The van der Waals surface area contributed by atoms with Gasteiger partial charge in [-0.2, -0.15) is 4.99 Å². The highest BCUT2D eigenvalue weighted by Gasteiger charge is 2.33. The number of thioether (sulfide) groups is 1. The van der Waals surface area contributed by atoms with Gasteiger partial charge < -0.3 is 20.0 Å². The maximum absolute atomic E-state index is 12.8. The minimum Gasteiger partial charge on any atom is -0.351 e. The van der Waals surface area contributed by atoms with Gasteiger partial charge in [0.2, 0.25) is 5.91 Å². The Morgan fingerprint density at radius 3 is 2.40 bits per heavy atom. The molecule has 1 aromatic carbocycles. The molecule has 2 aliphatic heterocycles. The zero-order valence-electron chi connectivity index (χ0n) is 20.9. The summed E-state index contributed by atoms with van der Waals surface area (Å²) in [4.78, 5) is 48.0. The first-order chi connectivity index (χ1) is 16.9. The molecule has 1 N–H and O–H groups in total. The number of amides is 3. The van der Waals surface area contributed by atoms with E-state index in [9.17, 15) is 14.4 Å². The molecule has 9 heteroatoms. The van der Waals surface area contributed by atoms with E-state index in [-0.39, 0.29) is 24.1 Å². The van der Waals surface area contributed by atoms with E-state index >= 15 is 0 Å². The van der Waals surface area contributed by atoms with E-state index in [1.165, 1.54) is 43.9 Å². The molecule has 1 unspecified atom stereocenters. The SMILES string of the molecule is CN(CCN(C)C1CCCCC1)C(=O)c1ccc(NC(=O)CC2SC(N3CCCC3)=NC2=O)cc1. The fourth-order valence-electron chi connectivity index (χ4n) is 4.96. The monoisotopic (exact) mass is 499 g/mol. The highest BCUT2D eigenvalue weighted by atomic mass is 32.2. The molecule has 0 bridgehead atoms. The number of carbonyl (C=O) groups excluding carboxylic acids is 3. The van der Waals surface area contributed by atoms with Crippen LogP contribution in [0.25, 0.3) is 0 Å². The summed E-state index contributed by atoms with van der Waals surface area (Å²) in [6.45, 7) is 3.39. The lowest BCUT2D eigenvalue weighted by atomic mass is 9.94. The molecule has 0 aromatic heterocycles. The summed E-state index contributed by atoms with van der Waals surface area (Å²) in [5, 5.41) is 3.13.